The zero-order valence-electron chi connectivity index (χ0n) is 12.0. The maximum Gasteiger partial charge on any atom is 0.284 e. The van der Waals surface area contributed by atoms with Gasteiger partial charge in [0.15, 0.2) is 0 Å². The lowest BCUT2D eigenvalue weighted by Gasteiger charge is -2.06. The van der Waals surface area contributed by atoms with Gasteiger partial charge in [0.25, 0.3) is 11.6 Å². The Morgan fingerprint density at radius 2 is 2.04 bits per heavy atom. The van der Waals surface area contributed by atoms with Crippen LogP contribution in [-0.4, -0.2) is 10.8 Å². The summed E-state index contributed by atoms with van der Waals surface area (Å²) >= 11 is 9.03. The van der Waals surface area contributed by atoms with Gasteiger partial charge in [-0.05, 0) is 45.8 Å². The topological polar surface area (TPSA) is 96.0 Å². The van der Waals surface area contributed by atoms with Gasteiger partial charge in [0.1, 0.15) is 11.6 Å². The second-order valence-corrected chi connectivity index (χ2v) is 5.83. The van der Waals surface area contributed by atoms with Crippen LogP contribution in [0, 0.1) is 21.4 Å². The summed E-state index contributed by atoms with van der Waals surface area (Å²) in [5.41, 5.74) is 0.363. The minimum Gasteiger partial charge on any atom is -0.320 e. The number of rotatable bonds is 4. The molecule has 0 heterocycles. The van der Waals surface area contributed by atoms with E-state index in [1.165, 1.54) is 18.2 Å². The van der Waals surface area contributed by atoms with Crippen molar-refractivity contribution in [2.24, 2.45) is 0 Å². The van der Waals surface area contributed by atoms with Crippen LogP contribution in [0.4, 0.5) is 11.4 Å². The van der Waals surface area contributed by atoms with Crippen LogP contribution >= 0.6 is 27.5 Å². The fourth-order valence-electron chi connectivity index (χ4n) is 1.83. The molecular weight excluding hydrogens is 398 g/mol. The smallest absolute Gasteiger partial charge is 0.284 e. The molecule has 0 fully saturated rings. The molecule has 120 valence electrons. The van der Waals surface area contributed by atoms with E-state index in [9.17, 15) is 20.2 Å². The summed E-state index contributed by atoms with van der Waals surface area (Å²) in [5.74, 6) is -0.656. The van der Waals surface area contributed by atoms with Gasteiger partial charge in [-0.2, -0.15) is 5.26 Å². The number of hydrogen-bond donors (Lipinski definition) is 1. The predicted octanol–water partition coefficient (Wildman–Crippen LogP) is 4.56. The predicted molar refractivity (Wildman–Crippen MR) is 94.5 cm³/mol. The molecule has 0 aliphatic heterocycles. The van der Waals surface area contributed by atoms with Gasteiger partial charge < -0.3 is 5.32 Å². The largest absolute Gasteiger partial charge is 0.320 e. The lowest BCUT2D eigenvalue weighted by atomic mass is 10.1. The Bertz CT molecular complexity index is 890. The Morgan fingerprint density at radius 3 is 2.67 bits per heavy atom. The van der Waals surface area contributed by atoms with E-state index in [0.717, 1.165) is 0 Å². The van der Waals surface area contributed by atoms with E-state index in [2.05, 4.69) is 21.2 Å². The van der Waals surface area contributed by atoms with Gasteiger partial charge >= 0.3 is 0 Å². The Hall–Kier alpha value is -2.69. The van der Waals surface area contributed by atoms with Crippen molar-refractivity contribution >= 4 is 50.9 Å². The second kappa shape index (κ2) is 7.73. The molecule has 0 spiro atoms. The van der Waals surface area contributed by atoms with Crippen molar-refractivity contribution in [2.75, 3.05) is 5.32 Å². The number of carbonyl (C=O) groups excluding carboxylic acids is 1. The van der Waals surface area contributed by atoms with E-state index in [1.807, 2.05) is 0 Å². The average Bonchev–Trinajstić information content (AvgIpc) is 2.55. The van der Waals surface area contributed by atoms with Crippen molar-refractivity contribution in [1.29, 1.82) is 5.26 Å². The Balaban J connectivity index is 2.31. The maximum atomic E-state index is 12.2. The van der Waals surface area contributed by atoms with Crippen molar-refractivity contribution < 1.29 is 9.72 Å². The van der Waals surface area contributed by atoms with E-state index in [0.29, 0.717) is 20.7 Å². The van der Waals surface area contributed by atoms with E-state index in [-0.39, 0.29) is 11.3 Å². The number of nitro groups is 1. The van der Waals surface area contributed by atoms with Crippen LogP contribution in [-0.2, 0) is 4.79 Å². The van der Waals surface area contributed by atoms with Crippen molar-refractivity contribution in [1.82, 2.24) is 0 Å². The summed E-state index contributed by atoms with van der Waals surface area (Å²) in [4.78, 5) is 22.6. The second-order valence-electron chi connectivity index (χ2n) is 4.57. The molecule has 2 aromatic carbocycles. The highest BCUT2D eigenvalue weighted by molar-refractivity contribution is 9.10. The van der Waals surface area contributed by atoms with Crippen LogP contribution in [0.15, 0.2) is 52.5 Å². The third kappa shape index (κ3) is 4.19. The SMILES string of the molecule is N#C/C(=C\c1ccc(Br)c([N+](=O)[O-])c1)C(=O)Nc1ccccc1Cl. The summed E-state index contributed by atoms with van der Waals surface area (Å²) in [6, 6.07) is 12.7. The van der Waals surface area contributed by atoms with E-state index < -0.39 is 10.8 Å². The monoisotopic (exact) mass is 405 g/mol. The molecule has 2 aromatic rings. The zero-order chi connectivity index (χ0) is 17.7. The number of nitrogens with one attached hydrogen (secondary N) is 1. The fraction of sp³-hybridized carbons (Fsp3) is 0. The molecule has 1 amide bonds. The first-order valence-electron chi connectivity index (χ1n) is 6.54. The minimum absolute atomic E-state index is 0.160. The van der Waals surface area contributed by atoms with Crippen LogP contribution in [0.2, 0.25) is 5.02 Å². The molecule has 8 heteroatoms. The number of hydrogen-bond acceptors (Lipinski definition) is 4. The standard InChI is InChI=1S/C16H9BrClN3O3/c17-12-6-5-10(8-15(12)21(23)24)7-11(9-19)16(22)20-14-4-2-1-3-13(14)18/h1-8H,(H,20,22)/b11-7+. The van der Waals surface area contributed by atoms with Crippen molar-refractivity contribution in [3.05, 3.63) is 73.2 Å². The number of nitrogens with zero attached hydrogens (tertiary/aromatic N) is 2. The molecule has 0 aliphatic carbocycles. The molecule has 0 saturated heterocycles. The molecule has 0 aromatic heterocycles. The number of carbonyl (C=O) groups is 1. The van der Waals surface area contributed by atoms with Gasteiger partial charge in [-0.1, -0.05) is 29.8 Å². The highest BCUT2D eigenvalue weighted by atomic mass is 79.9. The number of nitro benzene ring substituents is 1. The van der Waals surface area contributed by atoms with Crippen LogP contribution in [0.25, 0.3) is 6.08 Å². The summed E-state index contributed by atoms with van der Waals surface area (Å²) in [6.45, 7) is 0. The molecule has 0 aliphatic rings. The maximum absolute atomic E-state index is 12.2. The first-order valence-corrected chi connectivity index (χ1v) is 7.71. The highest BCUT2D eigenvalue weighted by Gasteiger charge is 2.14. The molecular formula is C16H9BrClN3O3. The van der Waals surface area contributed by atoms with Gasteiger partial charge in [0.2, 0.25) is 0 Å². The first-order chi connectivity index (χ1) is 11.4. The Kier molecular flexibility index (Phi) is 5.68. The molecule has 6 nitrogen and oxygen atoms in total. The molecule has 0 bridgehead atoms. The first kappa shape index (κ1) is 17.7. The van der Waals surface area contributed by atoms with Crippen molar-refractivity contribution in [3.8, 4) is 6.07 Å². The van der Waals surface area contributed by atoms with Gasteiger partial charge in [-0.15, -0.1) is 0 Å². The summed E-state index contributed by atoms with van der Waals surface area (Å²) in [7, 11) is 0. The third-order valence-electron chi connectivity index (χ3n) is 2.97. The normalized spacial score (nSPS) is 10.8. The van der Waals surface area contributed by atoms with Gasteiger partial charge in [-0.25, -0.2) is 0 Å². The van der Waals surface area contributed by atoms with Crippen molar-refractivity contribution in [3.63, 3.8) is 0 Å². The van der Waals surface area contributed by atoms with Gasteiger partial charge in [0.05, 0.1) is 20.1 Å². The van der Waals surface area contributed by atoms with E-state index in [4.69, 9.17) is 11.6 Å². The molecule has 2 rings (SSSR count). The van der Waals surface area contributed by atoms with Gasteiger partial charge in [-0.3, -0.25) is 14.9 Å². The van der Waals surface area contributed by atoms with Crippen molar-refractivity contribution in [2.45, 2.75) is 0 Å². The van der Waals surface area contributed by atoms with E-state index in [1.54, 1.807) is 36.4 Å². The van der Waals surface area contributed by atoms with Crippen LogP contribution in [0.3, 0.4) is 0 Å². The average molecular weight is 407 g/mol. The summed E-state index contributed by atoms with van der Waals surface area (Å²) in [5, 5.41) is 23.0. The third-order valence-corrected chi connectivity index (χ3v) is 3.97. The van der Waals surface area contributed by atoms with Gasteiger partial charge in [0, 0.05) is 6.07 Å². The highest BCUT2D eigenvalue weighted by Crippen LogP contribution is 2.27. The number of para-hydroxylation sites is 1. The molecule has 0 radical (unpaired) electrons. The summed E-state index contributed by atoms with van der Waals surface area (Å²) in [6.07, 6.45) is 1.27. The molecule has 0 atom stereocenters. The number of nitriles is 1. The number of anilines is 1. The lowest BCUT2D eigenvalue weighted by molar-refractivity contribution is -0.385. The quantitative estimate of drug-likeness (QED) is 0.348. The molecule has 0 saturated carbocycles. The zero-order valence-corrected chi connectivity index (χ0v) is 14.3. The molecule has 1 N–H and O–H groups in total. The number of halogens is 2. The lowest BCUT2D eigenvalue weighted by Crippen LogP contribution is -2.13. The number of benzene rings is 2. The number of amides is 1. The summed E-state index contributed by atoms with van der Waals surface area (Å²) < 4.78 is 0.309. The Morgan fingerprint density at radius 1 is 1.33 bits per heavy atom. The minimum atomic E-state index is -0.656. The Labute approximate surface area is 150 Å². The molecule has 24 heavy (non-hydrogen) atoms. The van der Waals surface area contributed by atoms with Crippen LogP contribution in [0.5, 0.6) is 0 Å². The van der Waals surface area contributed by atoms with E-state index >= 15 is 0 Å². The van der Waals surface area contributed by atoms with Crippen LogP contribution in [0.1, 0.15) is 5.56 Å². The fourth-order valence-corrected chi connectivity index (χ4v) is 2.40. The van der Waals surface area contributed by atoms with Crippen LogP contribution < -0.4 is 5.32 Å². The molecule has 0 unspecified atom stereocenters.